The van der Waals surface area contributed by atoms with E-state index >= 15 is 0 Å². The second-order valence-electron chi connectivity index (χ2n) is 4.95. The number of nitrogens with zero attached hydrogens (tertiary/aromatic N) is 1. The van der Waals surface area contributed by atoms with Crippen LogP contribution >= 0.6 is 11.3 Å². The fourth-order valence-electron chi connectivity index (χ4n) is 2.25. The molecule has 2 aromatic carbocycles. The summed E-state index contributed by atoms with van der Waals surface area (Å²) in [6, 6.07) is 19.2. The van der Waals surface area contributed by atoms with Crippen LogP contribution in [0.2, 0.25) is 0 Å². The third-order valence-corrected chi connectivity index (χ3v) is 3.92. The molecule has 0 aliphatic rings. The Morgan fingerprint density at radius 1 is 1.00 bits per heavy atom. The first-order chi connectivity index (χ1) is 10.7. The molecule has 3 rings (SSSR count). The highest BCUT2D eigenvalue weighted by atomic mass is 32.1. The van der Waals surface area contributed by atoms with E-state index in [0.717, 1.165) is 22.6 Å². The van der Waals surface area contributed by atoms with Gasteiger partial charge in [-0.1, -0.05) is 30.3 Å². The summed E-state index contributed by atoms with van der Waals surface area (Å²) in [5, 5.41) is 6.89. The second-order valence-corrected chi connectivity index (χ2v) is 5.73. The van der Waals surface area contributed by atoms with Crippen LogP contribution in [-0.4, -0.2) is 6.03 Å². The molecular formula is C18H16N2OS. The summed E-state index contributed by atoms with van der Waals surface area (Å²) >= 11 is 1.57. The number of amides is 2. The number of urea groups is 1. The Balaban J connectivity index is 1.91. The molecule has 0 radical (unpaired) electrons. The Bertz CT molecular complexity index is 754. The molecule has 0 aliphatic heterocycles. The number of carbonyl (C=O) groups excluding carboxylic acids is 1. The maximum Gasteiger partial charge on any atom is 0.330 e. The van der Waals surface area contributed by atoms with E-state index in [1.165, 1.54) is 0 Å². The molecule has 0 saturated heterocycles. The molecule has 0 aliphatic carbocycles. The average Bonchev–Trinajstić information content (AvgIpc) is 3.02. The van der Waals surface area contributed by atoms with Crippen molar-refractivity contribution in [2.45, 2.75) is 6.92 Å². The van der Waals surface area contributed by atoms with E-state index in [2.05, 4.69) is 5.32 Å². The summed E-state index contributed by atoms with van der Waals surface area (Å²) in [4.78, 5) is 14.4. The molecule has 0 fully saturated rings. The minimum absolute atomic E-state index is 0.171. The molecule has 4 heteroatoms. The number of thiophene rings is 1. The Hall–Kier alpha value is -2.59. The zero-order valence-electron chi connectivity index (χ0n) is 12.2. The van der Waals surface area contributed by atoms with Gasteiger partial charge in [0.15, 0.2) is 0 Å². The monoisotopic (exact) mass is 308 g/mol. The minimum Gasteiger partial charge on any atom is -0.307 e. The van der Waals surface area contributed by atoms with Crippen molar-refractivity contribution >= 4 is 34.4 Å². The molecule has 110 valence electrons. The van der Waals surface area contributed by atoms with Crippen molar-refractivity contribution in [2.24, 2.45) is 0 Å². The second kappa shape index (κ2) is 6.45. The molecule has 2 amide bonds. The lowest BCUT2D eigenvalue weighted by molar-refractivity contribution is 0.259. The standard InChI is InChI=1S/C18H16N2OS/c1-14-6-5-7-15(12-14)19-18(21)20(17-10-11-22-13-17)16-8-3-2-4-9-16/h2-13H,1H3,(H,19,21). The number of hydrogen-bond acceptors (Lipinski definition) is 2. The first-order valence-electron chi connectivity index (χ1n) is 6.99. The lowest BCUT2D eigenvalue weighted by Crippen LogP contribution is -2.30. The van der Waals surface area contributed by atoms with E-state index < -0.39 is 0 Å². The van der Waals surface area contributed by atoms with Gasteiger partial charge < -0.3 is 5.32 Å². The summed E-state index contributed by atoms with van der Waals surface area (Å²) in [7, 11) is 0. The SMILES string of the molecule is Cc1cccc(NC(=O)N(c2ccccc2)c2ccsc2)c1. The van der Waals surface area contributed by atoms with E-state index in [0.29, 0.717) is 0 Å². The number of carbonyl (C=O) groups is 1. The predicted molar refractivity (Wildman–Crippen MR) is 93.1 cm³/mol. The van der Waals surface area contributed by atoms with E-state index in [-0.39, 0.29) is 6.03 Å². The highest BCUT2D eigenvalue weighted by Crippen LogP contribution is 2.28. The van der Waals surface area contributed by atoms with Crippen molar-refractivity contribution in [2.75, 3.05) is 10.2 Å². The number of benzene rings is 2. The number of para-hydroxylation sites is 1. The molecule has 0 atom stereocenters. The Labute approximate surface area is 133 Å². The zero-order valence-corrected chi connectivity index (χ0v) is 13.0. The number of aryl methyl sites for hydroxylation is 1. The van der Waals surface area contributed by atoms with Crippen molar-refractivity contribution in [3.63, 3.8) is 0 Å². The van der Waals surface area contributed by atoms with Gasteiger partial charge in [0.2, 0.25) is 0 Å². The van der Waals surface area contributed by atoms with E-state index in [1.807, 2.05) is 78.3 Å². The summed E-state index contributed by atoms with van der Waals surface area (Å²) in [5.74, 6) is 0. The zero-order chi connectivity index (χ0) is 15.4. The van der Waals surface area contributed by atoms with Crippen molar-refractivity contribution in [3.05, 3.63) is 77.0 Å². The van der Waals surface area contributed by atoms with Crippen LogP contribution in [0.5, 0.6) is 0 Å². The molecule has 0 unspecified atom stereocenters. The van der Waals surface area contributed by atoms with Gasteiger partial charge in [-0.2, -0.15) is 11.3 Å². The normalized spacial score (nSPS) is 10.2. The van der Waals surface area contributed by atoms with Gasteiger partial charge in [-0.05, 0) is 48.2 Å². The van der Waals surface area contributed by atoms with Gasteiger partial charge in [-0.3, -0.25) is 4.90 Å². The lowest BCUT2D eigenvalue weighted by Gasteiger charge is -2.22. The van der Waals surface area contributed by atoms with E-state index in [4.69, 9.17) is 0 Å². The Morgan fingerprint density at radius 3 is 2.50 bits per heavy atom. The van der Waals surface area contributed by atoms with Crippen LogP contribution < -0.4 is 10.2 Å². The first-order valence-corrected chi connectivity index (χ1v) is 7.93. The first kappa shape index (κ1) is 14.4. The quantitative estimate of drug-likeness (QED) is 0.687. The lowest BCUT2D eigenvalue weighted by atomic mass is 10.2. The van der Waals surface area contributed by atoms with Crippen LogP contribution in [0, 0.1) is 6.92 Å². The summed E-state index contributed by atoms with van der Waals surface area (Å²) in [6.07, 6.45) is 0. The van der Waals surface area contributed by atoms with Gasteiger partial charge in [0.1, 0.15) is 0 Å². The van der Waals surface area contributed by atoms with Gasteiger partial charge in [0.25, 0.3) is 0 Å². The Morgan fingerprint density at radius 2 is 1.82 bits per heavy atom. The largest absolute Gasteiger partial charge is 0.330 e. The van der Waals surface area contributed by atoms with Crippen LogP contribution in [0.15, 0.2) is 71.4 Å². The highest BCUT2D eigenvalue weighted by molar-refractivity contribution is 7.08. The van der Waals surface area contributed by atoms with Gasteiger partial charge >= 0.3 is 6.03 Å². The van der Waals surface area contributed by atoms with E-state index in [1.54, 1.807) is 16.2 Å². The van der Waals surface area contributed by atoms with Crippen molar-refractivity contribution < 1.29 is 4.79 Å². The van der Waals surface area contributed by atoms with Crippen molar-refractivity contribution in [3.8, 4) is 0 Å². The summed E-state index contributed by atoms with van der Waals surface area (Å²) in [6.45, 7) is 2.00. The highest BCUT2D eigenvalue weighted by Gasteiger charge is 2.18. The Kier molecular flexibility index (Phi) is 4.21. The van der Waals surface area contributed by atoms with Crippen LogP contribution in [-0.2, 0) is 0 Å². The van der Waals surface area contributed by atoms with Gasteiger partial charge in [0.05, 0.1) is 11.4 Å². The molecule has 1 aromatic heterocycles. The van der Waals surface area contributed by atoms with Gasteiger partial charge in [-0.15, -0.1) is 0 Å². The van der Waals surface area contributed by atoms with Crippen molar-refractivity contribution in [1.82, 2.24) is 0 Å². The average molecular weight is 308 g/mol. The van der Waals surface area contributed by atoms with Gasteiger partial charge in [0, 0.05) is 11.1 Å². The molecule has 3 nitrogen and oxygen atoms in total. The number of anilines is 3. The number of hydrogen-bond donors (Lipinski definition) is 1. The third kappa shape index (κ3) is 3.18. The third-order valence-electron chi connectivity index (χ3n) is 3.25. The number of nitrogens with one attached hydrogen (secondary N) is 1. The van der Waals surface area contributed by atoms with Crippen molar-refractivity contribution in [1.29, 1.82) is 0 Å². The maximum absolute atomic E-state index is 12.7. The predicted octanol–water partition coefficient (Wildman–Crippen LogP) is 5.43. The summed E-state index contributed by atoms with van der Waals surface area (Å²) in [5.41, 5.74) is 3.60. The molecule has 3 aromatic rings. The minimum atomic E-state index is -0.171. The summed E-state index contributed by atoms with van der Waals surface area (Å²) < 4.78 is 0. The topological polar surface area (TPSA) is 32.3 Å². The van der Waals surface area contributed by atoms with Crippen LogP contribution in [0.3, 0.4) is 0 Å². The van der Waals surface area contributed by atoms with Crippen LogP contribution in [0.25, 0.3) is 0 Å². The molecule has 0 spiro atoms. The number of rotatable bonds is 3. The molecular weight excluding hydrogens is 292 g/mol. The molecule has 22 heavy (non-hydrogen) atoms. The van der Waals surface area contributed by atoms with Gasteiger partial charge in [-0.25, -0.2) is 4.79 Å². The maximum atomic E-state index is 12.7. The van der Waals surface area contributed by atoms with E-state index in [9.17, 15) is 4.79 Å². The molecule has 1 heterocycles. The fourth-order valence-corrected chi connectivity index (χ4v) is 2.87. The fraction of sp³-hybridized carbons (Fsp3) is 0.0556. The van der Waals surface area contributed by atoms with Crippen LogP contribution in [0.1, 0.15) is 5.56 Å². The van der Waals surface area contributed by atoms with Crippen LogP contribution in [0.4, 0.5) is 21.9 Å². The smallest absolute Gasteiger partial charge is 0.307 e. The molecule has 0 bridgehead atoms. The molecule has 0 saturated carbocycles. The molecule has 1 N–H and O–H groups in total.